The average Bonchev–Trinajstić information content (AvgIpc) is 2.55. The van der Waals surface area contributed by atoms with Crippen molar-refractivity contribution in [1.29, 1.82) is 0 Å². The molecule has 1 atom stereocenters. The molecule has 2 N–H and O–H groups in total. The SMILES string of the molecule is CCN1CCC(NC[C@@H](O)COCc2ccc(Cl)cc2)CC1. The van der Waals surface area contributed by atoms with E-state index in [0.29, 0.717) is 25.8 Å². The Morgan fingerprint density at radius 1 is 1.32 bits per heavy atom. The van der Waals surface area contributed by atoms with E-state index in [0.717, 1.165) is 43.1 Å². The summed E-state index contributed by atoms with van der Waals surface area (Å²) >= 11 is 5.84. The molecule has 0 spiro atoms. The number of rotatable bonds is 8. The second-order valence-corrected chi connectivity index (χ2v) is 6.35. The smallest absolute Gasteiger partial charge is 0.0897 e. The Bertz CT molecular complexity index is 419. The topological polar surface area (TPSA) is 44.7 Å². The Hall–Kier alpha value is -0.650. The molecule has 0 saturated carbocycles. The van der Waals surface area contributed by atoms with Gasteiger partial charge in [-0.25, -0.2) is 0 Å². The molecule has 1 aliphatic heterocycles. The molecule has 1 aromatic carbocycles. The number of nitrogens with zero attached hydrogens (tertiary/aromatic N) is 1. The van der Waals surface area contributed by atoms with Crippen molar-refractivity contribution in [2.75, 3.05) is 32.8 Å². The van der Waals surface area contributed by atoms with E-state index in [1.807, 2.05) is 24.3 Å². The summed E-state index contributed by atoms with van der Waals surface area (Å²) < 4.78 is 5.55. The fraction of sp³-hybridized carbons (Fsp3) is 0.647. The maximum absolute atomic E-state index is 9.98. The normalized spacial score (nSPS) is 18.5. The molecule has 1 aliphatic rings. The van der Waals surface area contributed by atoms with Crippen molar-refractivity contribution in [3.05, 3.63) is 34.9 Å². The molecule has 1 aromatic rings. The number of hydrogen-bond acceptors (Lipinski definition) is 4. The van der Waals surface area contributed by atoms with Crippen molar-refractivity contribution in [3.8, 4) is 0 Å². The zero-order valence-electron chi connectivity index (χ0n) is 13.3. The Morgan fingerprint density at radius 3 is 2.64 bits per heavy atom. The molecule has 0 amide bonds. The molecular weight excluding hydrogens is 300 g/mol. The van der Waals surface area contributed by atoms with Gasteiger partial charge in [0.2, 0.25) is 0 Å². The minimum atomic E-state index is -0.462. The summed E-state index contributed by atoms with van der Waals surface area (Å²) in [5.74, 6) is 0. The van der Waals surface area contributed by atoms with E-state index in [9.17, 15) is 5.11 Å². The van der Waals surface area contributed by atoms with Gasteiger partial charge in [0, 0.05) is 17.6 Å². The van der Waals surface area contributed by atoms with Crippen LogP contribution in [0.4, 0.5) is 0 Å². The zero-order valence-corrected chi connectivity index (χ0v) is 14.1. The van der Waals surface area contributed by atoms with Gasteiger partial charge >= 0.3 is 0 Å². The maximum Gasteiger partial charge on any atom is 0.0897 e. The molecule has 124 valence electrons. The standard InChI is InChI=1S/C17H27ClN2O2/c1-2-20-9-7-16(8-10-20)19-11-17(21)13-22-12-14-3-5-15(18)6-4-14/h3-6,16-17,19,21H,2,7-13H2,1H3/t17-/m1/s1. The zero-order chi connectivity index (χ0) is 15.8. The fourth-order valence-electron chi connectivity index (χ4n) is 2.71. The third-order valence-corrected chi connectivity index (χ3v) is 4.42. The van der Waals surface area contributed by atoms with Crippen LogP contribution in [0.2, 0.25) is 5.02 Å². The highest BCUT2D eigenvalue weighted by Crippen LogP contribution is 2.11. The summed E-state index contributed by atoms with van der Waals surface area (Å²) in [6.07, 6.45) is 1.86. The number of likely N-dealkylation sites (tertiary alicyclic amines) is 1. The van der Waals surface area contributed by atoms with E-state index in [4.69, 9.17) is 16.3 Å². The molecule has 1 saturated heterocycles. The van der Waals surface area contributed by atoms with Gasteiger partial charge in [0.15, 0.2) is 0 Å². The van der Waals surface area contributed by atoms with Crippen molar-refractivity contribution < 1.29 is 9.84 Å². The summed E-state index contributed by atoms with van der Waals surface area (Å²) in [6, 6.07) is 8.10. The number of benzene rings is 1. The minimum absolute atomic E-state index is 0.351. The highest BCUT2D eigenvalue weighted by Gasteiger charge is 2.18. The first-order valence-corrected chi connectivity index (χ1v) is 8.51. The summed E-state index contributed by atoms with van der Waals surface area (Å²) in [5, 5.41) is 14.2. The van der Waals surface area contributed by atoms with Crippen LogP contribution in [0.15, 0.2) is 24.3 Å². The highest BCUT2D eigenvalue weighted by molar-refractivity contribution is 6.30. The Labute approximate surface area is 138 Å². The van der Waals surface area contributed by atoms with Gasteiger partial charge in [-0.05, 0) is 50.2 Å². The Kier molecular flexibility index (Phi) is 7.63. The van der Waals surface area contributed by atoms with Gasteiger partial charge < -0.3 is 20.1 Å². The molecule has 1 heterocycles. The van der Waals surface area contributed by atoms with E-state index in [1.54, 1.807) is 0 Å². The van der Waals surface area contributed by atoms with Crippen LogP contribution in [-0.2, 0) is 11.3 Å². The van der Waals surface area contributed by atoms with Crippen LogP contribution in [0.5, 0.6) is 0 Å². The van der Waals surface area contributed by atoms with Crippen LogP contribution >= 0.6 is 11.6 Å². The van der Waals surface area contributed by atoms with Crippen molar-refractivity contribution >= 4 is 11.6 Å². The lowest BCUT2D eigenvalue weighted by molar-refractivity contribution is 0.0264. The number of hydrogen-bond donors (Lipinski definition) is 2. The van der Waals surface area contributed by atoms with Gasteiger partial charge in [0.25, 0.3) is 0 Å². The molecule has 2 rings (SSSR count). The molecule has 0 aromatic heterocycles. The van der Waals surface area contributed by atoms with Crippen LogP contribution in [0, 0.1) is 0 Å². The fourth-order valence-corrected chi connectivity index (χ4v) is 2.83. The molecule has 22 heavy (non-hydrogen) atoms. The van der Waals surface area contributed by atoms with Gasteiger partial charge in [0.05, 0.1) is 19.3 Å². The van der Waals surface area contributed by atoms with Crippen LogP contribution in [0.1, 0.15) is 25.3 Å². The third-order valence-electron chi connectivity index (χ3n) is 4.17. The number of piperidine rings is 1. The number of aliphatic hydroxyl groups excluding tert-OH is 1. The first-order valence-electron chi connectivity index (χ1n) is 8.13. The molecule has 0 unspecified atom stereocenters. The van der Waals surface area contributed by atoms with E-state index >= 15 is 0 Å². The minimum Gasteiger partial charge on any atom is -0.389 e. The van der Waals surface area contributed by atoms with Crippen LogP contribution < -0.4 is 5.32 Å². The van der Waals surface area contributed by atoms with Crippen LogP contribution in [0.3, 0.4) is 0 Å². The first kappa shape index (κ1) is 17.7. The van der Waals surface area contributed by atoms with E-state index in [-0.39, 0.29) is 0 Å². The lowest BCUT2D eigenvalue weighted by Gasteiger charge is -2.32. The first-order chi connectivity index (χ1) is 10.7. The van der Waals surface area contributed by atoms with Gasteiger partial charge in [-0.2, -0.15) is 0 Å². The number of ether oxygens (including phenoxy) is 1. The summed E-state index contributed by atoms with van der Waals surface area (Å²) in [4.78, 5) is 2.46. The van der Waals surface area contributed by atoms with Gasteiger partial charge in [-0.3, -0.25) is 0 Å². The quantitative estimate of drug-likeness (QED) is 0.769. The predicted molar refractivity (Wildman–Crippen MR) is 90.3 cm³/mol. The Balaban J connectivity index is 1.56. The number of nitrogens with one attached hydrogen (secondary N) is 1. The third kappa shape index (κ3) is 6.23. The van der Waals surface area contributed by atoms with Crippen LogP contribution in [-0.4, -0.2) is 54.9 Å². The van der Waals surface area contributed by atoms with Gasteiger partial charge in [-0.15, -0.1) is 0 Å². The molecule has 4 nitrogen and oxygen atoms in total. The monoisotopic (exact) mass is 326 g/mol. The molecule has 5 heteroatoms. The Morgan fingerprint density at radius 2 is 2.00 bits per heavy atom. The van der Waals surface area contributed by atoms with Crippen molar-refractivity contribution in [2.24, 2.45) is 0 Å². The maximum atomic E-state index is 9.98. The predicted octanol–water partition coefficient (Wildman–Crippen LogP) is 2.29. The summed E-state index contributed by atoms with van der Waals surface area (Å²) in [7, 11) is 0. The number of aliphatic hydroxyl groups is 1. The van der Waals surface area contributed by atoms with Gasteiger partial charge in [0.1, 0.15) is 0 Å². The second-order valence-electron chi connectivity index (χ2n) is 5.91. The van der Waals surface area contributed by atoms with E-state index < -0.39 is 6.10 Å². The lowest BCUT2D eigenvalue weighted by Crippen LogP contribution is -2.45. The number of halogens is 1. The summed E-state index contributed by atoms with van der Waals surface area (Å²) in [5.41, 5.74) is 1.07. The van der Waals surface area contributed by atoms with Crippen LogP contribution in [0.25, 0.3) is 0 Å². The molecule has 1 fully saturated rings. The largest absolute Gasteiger partial charge is 0.389 e. The summed E-state index contributed by atoms with van der Waals surface area (Å²) in [6.45, 7) is 7.09. The molecular formula is C17H27ClN2O2. The lowest BCUT2D eigenvalue weighted by atomic mass is 10.1. The molecule has 0 radical (unpaired) electrons. The molecule has 0 aliphatic carbocycles. The van der Waals surface area contributed by atoms with E-state index in [1.165, 1.54) is 0 Å². The van der Waals surface area contributed by atoms with Crippen molar-refractivity contribution in [3.63, 3.8) is 0 Å². The molecule has 0 bridgehead atoms. The van der Waals surface area contributed by atoms with Crippen molar-refractivity contribution in [2.45, 2.75) is 38.5 Å². The second kappa shape index (κ2) is 9.48. The average molecular weight is 327 g/mol. The highest BCUT2D eigenvalue weighted by atomic mass is 35.5. The van der Waals surface area contributed by atoms with Gasteiger partial charge in [-0.1, -0.05) is 30.7 Å². The van der Waals surface area contributed by atoms with E-state index in [2.05, 4.69) is 17.1 Å². The van der Waals surface area contributed by atoms with Crippen molar-refractivity contribution in [1.82, 2.24) is 10.2 Å².